The first kappa shape index (κ1) is 17.8. The van der Waals surface area contributed by atoms with E-state index in [4.69, 9.17) is 4.74 Å². The highest BCUT2D eigenvalue weighted by Gasteiger charge is 2.47. The van der Waals surface area contributed by atoms with Gasteiger partial charge in [0.2, 0.25) is 0 Å². The Kier molecular flexibility index (Phi) is 5.22. The molecule has 0 unspecified atom stereocenters. The smallest absolute Gasteiger partial charge is 0.316 e. The minimum absolute atomic E-state index is 0.0637. The SMILES string of the molecule is CCOC(=O)CSC1=N[C@H]2CS(=O)(=O)C[C@H]2N1c1ccc(Br)cc1. The minimum atomic E-state index is -3.08. The Hall–Kier alpha value is -1.06. The molecule has 6 nitrogen and oxygen atoms in total. The van der Waals surface area contributed by atoms with E-state index in [-0.39, 0.29) is 35.3 Å². The molecule has 0 amide bonds. The largest absolute Gasteiger partial charge is 0.465 e. The second kappa shape index (κ2) is 7.05. The van der Waals surface area contributed by atoms with Gasteiger partial charge in [0.1, 0.15) is 0 Å². The highest BCUT2D eigenvalue weighted by atomic mass is 79.9. The lowest BCUT2D eigenvalue weighted by Crippen LogP contribution is -2.39. The van der Waals surface area contributed by atoms with Crippen molar-refractivity contribution in [1.29, 1.82) is 0 Å². The average molecular weight is 433 g/mol. The van der Waals surface area contributed by atoms with E-state index < -0.39 is 9.84 Å². The van der Waals surface area contributed by atoms with Crippen LogP contribution >= 0.6 is 27.7 Å². The number of hydrogen-bond acceptors (Lipinski definition) is 7. The first-order valence-electron chi connectivity index (χ1n) is 7.51. The number of fused-ring (bicyclic) bond motifs is 1. The number of sulfone groups is 1. The fourth-order valence-electron chi connectivity index (χ4n) is 2.86. The molecule has 0 saturated carbocycles. The molecule has 0 N–H and O–H groups in total. The Morgan fingerprint density at radius 1 is 1.38 bits per heavy atom. The molecular formula is C15H17BrN2O4S2. The molecule has 0 bridgehead atoms. The number of esters is 1. The lowest BCUT2D eigenvalue weighted by Gasteiger charge is -2.26. The number of halogens is 1. The molecule has 2 aliphatic rings. The van der Waals surface area contributed by atoms with Gasteiger partial charge in [-0.15, -0.1) is 0 Å². The van der Waals surface area contributed by atoms with Crippen molar-refractivity contribution in [3.63, 3.8) is 0 Å². The van der Waals surface area contributed by atoms with Crippen LogP contribution in [0.4, 0.5) is 5.69 Å². The molecule has 0 spiro atoms. The van der Waals surface area contributed by atoms with E-state index in [1.54, 1.807) is 6.92 Å². The molecule has 0 aliphatic carbocycles. The van der Waals surface area contributed by atoms with Gasteiger partial charge in [-0.1, -0.05) is 27.7 Å². The fourth-order valence-corrected chi connectivity index (χ4v) is 5.89. The van der Waals surface area contributed by atoms with Crippen LogP contribution in [0.5, 0.6) is 0 Å². The minimum Gasteiger partial charge on any atom is -0.465 e. The van der Waals surface area contributed by atoms with Gasteiger partial charge in [-0.2, -0.15) is 0 Å². The summed E-state index contributed by atoms with van der Waals surface area (Å²) in [7, 11) is -3.08. The molecule has 2 aliphatic heterocycles. The summed E-state index contributed by atoms with van der Waals surface area (Å²) in [6, 6.07) is 7.15. The molecule has 0 aromatic heterocycles. The average Bonchev–Trinajstić information content (AvgIpc) is 2.98. The zero-order chi connectivity index (χ0) is 17.3. The number of carbonyl (C=O) groups is 1. The van der Waals surface area contributed by atoms with E-state index in [0.29, 0.717) is 11.8 Å². The van der Waals surface area contributed by atoms with Gasteiger partial charge in [0, 0.05) is 10.2 Å². The third-order valence-corrected chi connectivity index (χ3v) is 7.00. The summed E-state index contributed by atoms with van der Waals surface area (Å²) in [6.07, 6.45) is 0. The summed E-state index contributed by atoms with van der Waals surface area (Å²) in [4.78, 5) is 18.1. The predicted octanol–water partition coefficient (Wildman–Crippen LogP) is 2.09. The number of anilines is 1. The number of carbonyl (C=O) groups excluding carboxylic acids is 1. The van der Waals surface area contributed by atoms with Crippen molar-refractivity contribution < 1.29 is 17.9 Å². The molecule has 9 heteroatoms. The maximum Gasteiger partial charge on any atom is 0.316 e. The Bertz CT molecular complexity index is 764. The number of rotatable bonds is 4. The van der Waals surface area contributed by atoms with Gasteiger partial charge in [-0.25, -0.2) is 8.42 Å². The summed E-state index contributed by atoms with van der Waals surface area (Å²) in [5, 5.41) is 0.676. The highest BCUT2D eigenvalue weighted by Crippen LogP contribution is 2.35. The van der Waals surface area contributed by atoms with Crippen LogP contribution in [0, 0.1) is 0 Å². The highest BCUT2D eigenvalue weighted by molar-refractivity contribution is 9.10. The molecule has 0 radical (unpaired) electrons. The molecule has 3 rings (SSSR count). The van der Waals surface area contributed by atoms with E-state index >= 15 is 0 Å². The van der Waals surface area contributed by atoms with Gasteiger partial charge in [0.05, 0.1) is 35.9 Å². The van der Waals surface area contributed by atoms with E-state index in [2.05, 4.69) is 20.9 Å². The van der Waals surface area contributed by atoms with Crippen molar-refractivity contribution in [2.24, 2.45) is 4.99 Å². The van der Waals surface area contributed by atoms with Crippen molar-refractivity contribution in [3.05, 3.63) is 28.7 Å². The summed E-state index contributed by atoms with van der Waals surface area (Å²) < 4.78 is 29.8. The van der Waals surface area contributed by atoms with E-state index in [1.165, 1.54) is 11.8 Å². The molecular weight excluding hydrogens is 416 g/mol. The Morgan fingerprint density at radius 3 is 2.75 bits per heavy atom. The predicted molar refractivity (Wildman–Crippen MR) is 99.4 cm³/mol. The zero-order valence-corrected chi connectivity index (χ0v) is 16.2. The van der Waals surface area contributed by atoms with Crippen molar-refractivity contribution in [1.82, 2.24) is 0 Å². The Labute approximate surface area is 153 Å². The Morgan fingerprint density at radius 2 is 2.08 bits per heavy atom. The molecule has 1 fully saturated rings. The Balaban J connectivity index is 1.84. The van der Waals surface area contributed by atoms with E-state index in [9.17, 15) is 13.2 Å². The van der Waals surface area contributed by atoms with Gasteiger partial charge in [-0.05, 0) is 31.2 Å². The first-order valence-corrected chi connectivity index (χ1v) is 11.1. The van der Waals surface area contributed by atoms with Crippen molar-refractivity contribution in [2.75, 3.05) is 28.8 Å². The summed E-state index contributed by atoms with van der Waals surface area (Å²) in [5.74, 6) is 0.00596. The van der Waals surface area contributed by atoms with E-state index in [0.717, 1.165) is 10.2 Å². The quantitative estimate of drug-likeness (QED) is 0.677. The van der Waals surface area contributed by atoms with Crippen LogP contribution in [0.1, 0.15) is 6.92 Å². The van der Waals surface area contributed by atoms with Gasteiger partial charge >= 0.3 is 5.97 Å². The molecule has 1 saturated heterocycles. The van der Waals surface area contributed by atoms with Crippen LogP contribution < -0.4 is 4.90 Å². The van der Waals surface area contributed by atoms with Crippen LogP contribution in [0.2, 0.25) is 0 Å². The molecule has 24 heavy (non-hydrogen) atoms. The van der Waals surface area contributed by atoms with Gasteiger partial charge < -0.3 is 9.64 Å². The standard InChI is InChI=1S/C15H17BrN2O4S2/c1-2-22-14(19)7-23-15-17-12-8-24(20,21)9-13(12)18(15)11-5-3-10(16)4-6-11/h3-6,12-13H,2,7-9H2,1H3/t12-,13+/m0/s1. The summed E-state index contributed by atoms with van der Waals surface area (Å²) >= 11 is 4.69. The zero-order valence-electron chi connectivity index (χ0n) is 13.0. The number of benzene rings is 1. The second-order valence-corrected chi connectivity index (χ2v) is 9.58. The number of ether oxygens (including phenoxy) is 1. The van der Waals surface area contributed by atoms with Crippen LogP contribution in [0.25, 0.3) is 0 Å². The van der Waals surface area contributed by atoms with Gasteiger partial charge in [0.15, 0.2) is 15.0 Å². The lowest BCUT2D eigenvalue weighted by atomic mass is 10.1. The third-order valence-electron chi connectivity index (χ3n) is 3.84. The maximum atomic E-state index is 11.9. The van der Waals surface area contributed by atoms with Crippen LogP contribution in [0.15, 0.2) is 33.7 Å². The summed E-state index contributed by atoms with van der Waals surface area (Å²) in [5.41, 5.74) is 0.873. The molecule has 2 atom stereocenters. The van der Waals surface area contributed by atoms with Crippen molar-refractivity contribution >= 4 is 54.4 Å². The number of nitrogens with zero attached hydrogens (tertiary/aromatic N) is 2. The number of thioether (sulfide) groups is 1. The molecule has 2 heterocycles. The molecule has 1 aromatic carbocycles. The molecule has 1 aromatic rings. The van der Waals surface area contributed by atoms with Gasteiger partial charge in [0.25, 0.3) is 0 Å². The second-order valence-electron chi connectivity index (χ2n) is 5.56. The monoisotopic (exact) mass is 432 g/mol. The lowest BCUT2D eigenvalue weighted by molar-refractivity contribution is -0.139. The molecule has 130 valence electrons. The number of amidine groups is 1. The van der Waals surface area contributed by atoms with Crippen molar-refractivity contribution in [2.45, 2.75) is 19.0 Å². The fraction of sp³-hybridized carbons (Fsp3) is 0.467. The normalized spacial score (nSPS) is 24.6. The summed E-state index contributed by atoms with van der Waals surface area (Å²) in [6.45, 7) is 2.10. The van der Waals surface area contributed by atoms with E-state index in [1.807, 2.05) is 29.2 Å². The number of hydrogen-bond donors (Lipinski definition) is 0. The third kappa shape index (κ3) is 3.78. The van der Waals surface area contributed by atoms with Gasteiger partial charge in [-0.3, -0.25) is 9.79 Å². The van der Waals surface area contributed by atoms with Crippen LogP contribution in [0.3, 0.4) is 0 Å². The first-order chi connectivity index (χ1) is 11.4. The van der Waals surface area contributed by atoms with Crippen molar-refractivity contribution in [3.8, 4) is 0 Å². The topological polar surface area (TPSA) is 76.0 Å². The van der Waals surface area contributed by atoms with Crippen LogP contribution in [-0.4, -0.2) is 55.5 Å². The maximum absolute atomic E-state index is 11.9. The van der Waals surface area contributed by atoms with Crippen LogP contribution in [-0.2, 0) is 19.4 Å². The number of aliphatic imine (C=N–C) groups is 1.